The minimum absolute atomic E-state index is 0.0878. The zero-order valence-corrected chi connectivity index (χ0v) is 34.1. The van der Waals surface area contributed by atoms with Crippen molar-refractivity contribution < 1.29 is 28.6 Å². The van der Waals surface area contributed by atoms with Gasteiger partial charge in [-0.3, -0.25) is 34.2 Å². The van der Waals surface area contributed by atoms with Crippen LogP contribution in [0.4, 0.5) is 28.4 Å². The number of methoxy groups -OCH3 is 1. The summed E-state index contributed by atoms with van der Waals surface area (Å²) in [4.78, 5) is 54.0. The van der Waals surface area contributed by atoms with Crippen LogP contribution in [-0.4, -0.2) is 54.1 Å². The normalized spacial score (nSPS) is 17.2. The van der Waals surface area contributed by atoms with Crippen LogP contribution in [0.5, 0.6) is 17.2 Å². The van der Waals surface area contributed by atoms with Crippen LogP contribution < -0.4 is 29.3 Å². The first kappa shape index (κ1) is 38.1. The van der Waals surface area contributed by atoms with E-state index in [0.29, 0.717) is 58.3 Å². The number of anilines is 3. The molecule has 4 aliphatic heterocycles. The van der Waals surface area contributed by atoms with E-state index in [-0.39, 0.29) is 49.4 Å². The molecule has 298 valence electrons. The Bertz CT molecular complexity index is 2610. The van der Waals surface area contributed by atoms with E-state index in [1.165, 1.54) is 7.11 Å². The molecular formula is C47H43N5O6S. The lowest BCUT2D eigenvalue weighted by molar-refractivity contribution is -0.116. The molecule has 5 aromatic carbocycles. The molecule has 3 amide bonds. The van der Waals surface area contributed by atoms with Gasteiger partial charge in [0.15, 0.2) is 11.5 Å². The maximum Gasteiger partial charge on any atom is 0.261 e. The van der Waals surface area contributed by atoms with Gasteiger partial charge in [0.25, 0.3) is 11.8 Å². The highest BCUT2D eigenvalue weighted by Crippen LogP contribution is 2.42. The predicted octanol–water partition coefficient (Wildman–Crippen LogP) is 8.77. The molecule has 0 aliphatic carbocycles. The topological polar surface area (TPSA) is 122 Å². The summed E-state index contributed by atoms with van der Waals surface area (Å²) >= 11 is 4.55. The molecule has 0 unspecified atom stereocenters. The van der Waals surface area contributed by atoms with Crippen molar-refractivity contribution in [3.8, 4) is 17.2 Å². The van der Waals surface area contributed by atoms with Crippen LogP contribution in [0.2, 0.25) is 0 Å². The monoisotopic (exact) mass is 805 g/mol. The van der Waals surface area contributed by atoms with Gasteiger partial charge in [-0.15, -0.1) is 0 Å². The van der Waals surface area contributed by atoms with Gasteiger partial charge in [-0.2, -0.15) is 12.6 Å². The summed E-state index contributed by atoms with van der Waals surface area (Å²) < 4.78 is 18.0. The number of aliphatic imine (C=N–C) groups is 2. The second kappa shape index (κ2) is 15.1. The lowest BCUT2D eigenvalue weighted by Gasteiger charge is -2.22. The molecule has 0 saturated heterocycles. The van der Waals surface area contributed by atoms with Gasteiger partial charge < -0.3 is 19.5 Å². The molecule has 59 heavy (non-hydrogen) atoms. The zero-order valence-electron chi connectivity index (χ0n) is 33.2. The molecule has 4 aliphatic rings. The number of carbonyl (C=O) groups excluding carboxylic acids is 3. The van der Waals surface area contributed by atoms with E-state index in [1.807, 2.05) is 111 Å². The molecule has 1 N–H and O–H groups in total. The van der Waals surface area contributed by atoms with E-state index in [1.54, 1.807) is 17.0 Å². The quantitative estimate of drug-likeness (QED) is 0.136. The number of nitrogens with zero attached hydrogens (tertiary/aromatic N) is 4. The molecule has 2 atom stereocenters. The van der Waals surface area contributed by atoms with Crippen LogP contribution in [0.15, 0.2) is 101 Å². The summed E-state index contributed by atoms with van der Waals surface area (Å²) in [6.07, 6.45) is 5.28. The van der Waals surface area contributed by atoms with Crippen molar-refractivity contribution in [2.75, 3.05) is 22.2 Å². The fourth-order valence-electron chi connectivity index (χ4n) is 8.31. The van der Waals surface area contributed by atoms with Crippen LogP contribution in [0.25, 0.3) is 0 Å². The fourth-order valence-corrected chi connectivity index (χ4v) is 8.45. The van der Waals surface area contributed by atoms with Gasteiger partial charge in [-0.05, 0) is 77.2 Å². The van der Waals surface area contributed by atoms with Crippen LogP contribution in [-0.2, 0) is 30.8 Å². The lowest BCUT2D eigenvalue weighted by Crippen LogP contribution is -2.37. The van der Waals surface area contributed by atoms with Gasteiger partial charge in [0.05, 0.1) is 41.7 Å². The van der Waals surface area contributed by atoms with Crippen molar-refractivity contribution in [2.45, 2.75) is 70.1 Å². The van der Waals surface area contributed by atoms with Gasteiger partial charge in [0, 0.05) is 65.6 Å². The molecule has 0 radical (unpaired) electrons. The molecule has 0 aromatic heterocycles. The standard InChI is InChI=1S/C47H43N5O6S/c1-27-13-35-37(48-23-33-17-30-9-5-7-11-39(30)51(33)45(35)54)20-41(27)57-25-28-14-29(16-32(15-28)50-44(53)22-47(2,3)59)26-58-43-21-38-36(19-42(43)56-4)46(55)52-34(24-49-38)18-31-10-6-8-12-40(31)52/h5-16,19-21,23-24,33-34,59H,17-18,22,25-26H2,1-4H3,(H,50,53)/t33-,34-/m0/s1. The van der Waals surface area contributed by atoms with Gasteiger partial charge in [0.1, 0.15) is 19.0 Å². The number of carbonyl (C=O) groups is 3. The highest BCUT2D eigenvalue weighted by Gasteiger charge is 2.38. The van der Waals surface area contributed by atoms with Crippen molar-refractivity contribution in [1.82, 2.24) is 0 Å². The second-order valence-electron chi connectivity index (χ2n) is 16.0. The number of amides is 3. The number of hydrogen-bond donors (Lipinski definition) is 2. The summed E-state index contributed by atoms with van der Waals surface area (Å²) in [6.45, 7) is 5.95. The van der Waals surface area contributed by atoms with Gasteiger partial charge >= 0.3 is 0 Å². The highest BCUT2D eigenvalue weighted by atomic mass is 32.1. The van der Waals surface area contributed by atoms with Crippen molar-refractivity contribution in [3.63, 3.8) is 0 Å². The Labute approximate surface area is 348 Å². The van der Waals surface area contributed by atoms with E-state index in [9.17, 15) is 14.4 Å². The minimum Gasteiger partial charge on any atom is -0.493 e. The number of thiol groups is 1. The van der Waals surface area contributed by atoms with E-state index < -0.39 is 4.75 Å². The summed E-state index contributed by atoms with van der Waals surface area (Å²) in [6, 6.07) is 28.3. The van der Waals surface area contributed by atoms with E-state index in [0.717, 1.165) is 39.2 Å². The predicted molar refractivity (Wildman–Crippen MR) is 233 cm³/mol. The first-order valence-electron chi connectivity index (χ1n) is 19.6. The Balaban J connectivity index is 0.966. The van der Waals surface area contributed by atoms with Crippen molar-refractivity contribution in [2.24, 2.45) is 9.98 Å². The highest BCUT2D eigenvalue weighted by molar-refractivity contribution is 7.81. The number of hydrogen-bond acceptors (Lipinski definition) is 9. The lowest BCUT2D eigenvalue weighted by atomic mass is 10.1. The molecular weight excluding hydrogens is 763 g/mol. The number of para-hydroxylation sites is 2. The van der Waals surface area contributed by atoms with E-state index >= 15 is 0 Å². The molecule has 4 heterocycles. The first-order valence-corrected chi connectivity index (χ1v) is 20.1. The zero-order chi connectivity index (χ0) is 41.0. The average molecular weight is 806 g/mol. The molecule has 12 heteroatoms. The smallest absolute Gasteiger partial charge is 0.261 e. The summed E-state index contributed by atoms with van der Waals surface area (Å²) in [5, 5.41) is 3.02. The maximum atomic E-state index is 13.9. The number of benzene rings is 5. The van der Waals surface area contributed by atoms with Gasteiger partial charge in [-0.1, -0.05) is 50.2 Å². The Morgan fingerprint density at radius 3 is 1.83 bits per heavy atom. The number of nitrogens with one attached hydrogen (secondary N) is 1. The van der Waals surface area contributed by atoms with E-state index in [2.05, 4.69) is 24.0 Å². The van der Waals surface area contributed by atoms with Crippen LogP contribution in [0.3, 0.4) is 0 Å². The summed E-state index contributed by atoms with van der Waals surface area (Å²) in [5.41, 5.74) is 8.95. The van der Waals surface area contributed by atoms with Crippen LogP contribution in [0, 0.1) is 6.92 Å². The number of aryl methyl sites for hydroxylation is 1. The Morgan fingerprint density at radius 1 is 0.746 bits per heavy atom. The van der Waals surface area contributed by atoms with Crippen LogP contribution >= 0.6 is 12.6 Å². The first-order chi connectivity index (χ1) is 28.4. The average Bonchev–Trinajstić information content (AvgIpc) is 3.70. The van der Waals surface area contributed by atoms with Crippen LogP contribution in [0.1, 0.15) is 68.8 Å². The fraction of sp³-hybridized carbons (Fsp3) is 0.255. The van der Waals surface area contributed by atoms with Crippen molar-refractivity contribution in [1.29, 1.82) is 0 Å². The van der Waals surface area contributed by atoms with E-state index in [4.69, 9.17) is 24.2 Å². The Kier molecular flexibility index (Phi) is 9.75. The Morgan fingerprint density at radius 2 is 1.27 bits per heavy atom. The number of ether oxygens (including phenoxy) is 3. The summed E-state index contributed by atoms with van der Waals surface area (Å²) in [5.74, 6) is 0.988. The molecule has 0 spiro atoms. The van der Waals surface area contributed by atoms with Crippen molar-refractivity contribution in [3.05, 3.63) is 130 Å². The molecule has 0 fully saturated rings. The molecule has 9 rings (SSSR count). The molecule has 11 nitrogen and oxygen atoms in total. The molecule has 0 saturated carbocycles. The minimum atomic E-state index is -0.507. The number of fused-ring (bicyclic) bond motifs is 8. The third kappa shape index (κ3) is 7.44. The maximum absolute atomic E-state index is 13.9. The Hall–Kier alpha value is -6.40. The van der Waals surface area contributed by atoms with Gasteiger partial charge in [-0.25, -0.2) is 0 Å². The number of rotatable bonds is 10. The second-order valence-corrected chi connectivity index (χ2v) is 17.2. The van der Waals surface area contributed by atoms with Crippen molar-refractivity contribution >= 4 is 71.2 Å². The summed E-state index contributed by atoms with van der Waals surface area (Å²) in [7, 11) is 1.54. The molecule has 0 bridgehead atoms. The largest absolute Gasteiger partial charge is 0.493 e. The molecule has 5 aromatic rings. The van der Waals surface area contributed by atoms with Gasteiger partial charge in [0.2, 0.25) is 5.91 Å². The third-order valence-corrected chi connectivity index (χ3v) is 11.1. The SMILES string of the molecule is COc1cc2c(cc1OCc1cc(COc3cc4c(cc3C)C(=O)N3c5ccccc5C[C@H]3C=N4)cc(NC(=O)CC(C)(C)S)c1)N=C[C@@H]1Cc3ccccc3N1C2=O. The third-order valence-electron chi connectivity index (χ3n) is 11.0.